The molecule has 0 aromatic heterocycles. The summed E-state index contributed by atoms with van der Waals surface area (Å²) in [6.45, 7) is 2.54. The van der Waals surface area contributed by atoms with Crippen molar-refractivity contribution in [1.29, 1.82) is 0 Å². The van der Waals surface area contributed by atoms with E-state index in [0.717, 1.165) is 19.3 Å². The maximum absolute atomic E-state index is 11.6. The summed E-state index contributed by atoms with van der Waals surface area (Å²) >= 11 is 0. The van der Waals surface area contributed by atoms with E-state index in [1.807, 2.05) is 0 Å². The third-order valence-electron chi connectivity index (χ3n) is 3.57. The lowest BCUT2D eigenvalue weighted by Crippen LogP contribution is -2.15. The summed E-state index contributed by atoms with van der Waals surface area (Å²) in [5.74, 6) is 0. The molecule has 1 aromatic carbocycles. The first-order valence-corrected chi connectivity index (χ1v) is 8.32. The maximum atomic E-state index is 11.6. The molecule has 23 heavy (non-hydrogen) atoms. The molecule has 0 aliphatic rings. The Kier molecular flexibility index (Phi) is 9.43. The Balaban J connectivity index is 2.15. The molecule has 0 heterocycles. The summed E-state index contributed by atoms with van der Waals surface area (Å²) in [5, 5.41) is 13.3. The SMILES string of the molecule is CCCCCCCCCCOC(=O)Nc1ccccc1[N+](=O)[O-]. The second-order valence-electron chi connectivity index (χ2n) is 5.51. The Morgan fingerprint density at radius 3 is 2.35 bits per heavy atom. The number of nitrogens with one attached hydrogen (secondary N) is 1. The predicted octanol–water partition coefficient (Wildman–Crippen LogP) is 5.28. The Bertz CT molecular complexity index is 491. The van der Waals surface area contributed by atoms with Crippen molar-refractivity contribution in [3.63, 3.8) is 0 Å². The molecule has 0 unspecified atom stereocenters. The molecule has 6 nitrogen and oxygen atoms in total. The van der Waals surface area contributed by atoms with Gasteiger partial charge in [-0.15, -0.1) is 0 Å². The lowest BCUT2D eigenvalue weighted by Gasteiger charge is -2.07. The van der Waals surface area contributed by atoms with Crippen LogP contribution in [0.15, 0.2) is 24.3 Å². The smallest absolute Gasteiger partial charge is 0.411 e. The van der Waals surface area contributed by atoms with Gasteiger partial charge in [-0.05, 0) is 12.5 Å². The molecule has 0 aliphatic heterocycles. The van der Waals surface area contributed by atoms with E-state index in [4.69, 9.17) is 4.74 Å². The number of rotatable bonds is 11. The van der Waals surface area contributed by atoms with Gasteiger partial charge in [-0.1, -0.05) is 64.0 Å². The molecule has 0 spiro atoms. The number of para-hydroxylation sites is 2. The van der Waals surface area contributed by atoms with Crippen LogP contribution in [0.1, 0.15) is 58.3 Å². The zero-order valence-corrected chi connectivity index (χ0v) is 13.8. The summed E-state index contributed by atoms with van der Waals surface area (Å²) < 4.78 is 5.05. The largest absolute Gasteiger partial charge is 0.449 e. The van der Waals surface area contributed by atoms with E-state index >= 15 is 0 Å². The van der Waals surface area contributed by atoms with Gasteiger partial charge < -0.3 is 4.74 Å². The predicted molar refractivity (Wildman–Crippen MR) is 90.7 cm³/mol. The van der Waals surface area contributed by atoms with E-state index in [9.17, 15) is 14.9 Å². The van der Waals surface area contributed by atoms with Crippen LogP contribution in [0.25, 0.3) is 0 Å². The number of anilines is 1. The molecule has 0 radical (unpaired) electrons. The minimum absolute atomic E-state index is 0.142. The molecule has 1 amide bonds. The summed E-state index contributed by atoms with van der Waals surface area (Å²) in [6, 6.07) is 6.00. The van der Waals surface area contributed by atoms with Gasteiger partial charge in [0.15, 0.2) is 0 Å². The second kappa shape index (κ2) is 11.5. The van der Waals surface area contributed by atoms with E-state index in [2.05, 4.69) is 12.2 Å². The molecule has 6 heteroatoms. The molecular weight excluding hydrogens is 296 g/mol. The number of nitro benzene ring substituents is 1. The molecule has 0 bridgehead atoms. The average molecular weight is 322 g/mol. The molecule has 128 valence electrons. The van der Waals surface area contributed by atoms with E-state index in [1.165, 1.54) is 44.2 Å². The van der Waals surface area contributed by atoms with Crippen molar-refractivity contribution in [2.24, 2.45) is 0 Å². The number of carbonyl (C=O) groups is 1. The van der Waals surface area contributed by atoms with Gasteiger partial charge in [0.2, 0.25) is 0 Å². The van der Waals surface area contributed by atoms with Crippen LogP contribution in [0.4, 0.5) is 16.2 Å². The highest BCUT2D eigenvalue weighted by molar-refractivity contribution is 5.87. The standard InChI is InChI=1S/C17H26N2O4/c1-2-3-4-5-6-7-8-11-14-23-17(20)18-15-12-9-10-13-16(15)19(21)22/h9-10,12-13H,2-8,11,14H2,1H3,(H,18,20). The van der Waals surface area contributed by atoms with Crippen molar-refractivity contribution >= 4 is 17.5 Å². The summed E-state index contributed by atoms with van der Waals surface area (Å²) in [6.07, 6.45) is 8.70. The maximum Gasteiger partial charge on any atom is 0.411 e. The number of carbonyl (C=O) groups excluding carboxylic acids is 1. The van der Waals surface area contributed by atoms with Gasteiger partial charge in [0.25, 0.3) is 5.69 Å². The summed E-state index contributed by atoms with van der Waals surface area (Å²) in [5.41, 5.74) is 0.00922. The van der Waals surface area contributed by atoms with Gasteiger partial charge in [-0.2, -0.15) is 0 Å². The third-order valence-corrected chi connectivity index (χ3v) is 3.57. The van der Waals surface area contributed by atoms with Gasteiger partial charge in [0, 0.05) is 6.07 Å². The monoisotopic (exact) mass is 322 g/mol. The number of nitro groups is 1. The van der Waals surface area contributed by atoms with Crippen LogP contribution < -0.4 is 5.32 Å². The Morgan fingerprint density at radius 2 is 1.70 bits per heavy atom. The number of benzene rings is 1. The van der Waals surface area contributed by atoms with Crippen molar-refractivity contribution in [3.05, 3.63) is 34.4 Å². The number of nitrogens with zero attached hydrogens (tertiary/aromatic N) is 1. The lowest BCUT2D eigenvalue weighted by atomic mass is 10.1. The number of hydrogen-bond donors (Lipinski definition) is 1. The zero-order valence-electron chi connectivity index (χ0n) is 13.8. The van der Waals surface area contributed by atoms with Crippen LogP contribution >= 0.6 is 0 Å². The average Bonchev–Trinajstić information content (AvgIpc) is 2.53. The molecule has 1 N–H and O–H groups in total. The van der Waals surface area contributed by atoms with Gasteiger partial charge in [0.1, 0.15) is 5.69 Å². The van der Waals surface area contributed by atoms with E-state index in [0.29, 0.717) is 6.61 Å². The van der Waals surface area contributed by atoms with Gasteiger partial charge in [-0.3, -0.25) is 15.4 Å². The van der Waals surface area contributed by atoms with Crippen LogP contribution in [-0.2, 0) is 4.74 Å². The lowest BCUT2D eigenvalue weighted by molar-refractivity contribution is -0.383. The van der Waals surface area contributed by atoms with Crippen LogP contribution in [0.5, 0.6) is 0 Å². The summed E-state index contributed by atoms with van der Waals surface area (Å²) in [7, 11) is 0. The number of hydrogen-bond acceptors (Lipinski definition) is 4. The Morgan fingerprint density at radius 1 is 1.09 bits per heavy atom. The van der Waals surface area contributed by atoms with Crippen LogP contribution in [0.2, 0.25) is 0 Å². The van der Waals surface area contributed by atoms with E-state index in [1.54, 1.807) is 12.1 Å². The fraction of sp³-hybridized carbons (Fsp3) is 0.588. The molecule has 0 aliphatic carbocycles. The van der Waals surface area contributed by atoms with Gasteiger partial charge in [0.05, 0.1) is 11.5 Å². The van der Waals surface area contributed by atoms with Crippen molar-refractivity contribution < 1.29 is 14.5 Å². The topological polar surface area (TPSA) is 81.5 Å². The van der Waals surface area contributed by atoms with Crippen molar-refractivity contribution in [2.75, 3.05) is 11.9 Å². The summed E-state index contributed by atoms with van der Waals surface area (Å²) in [4.78, 5) is 21.9. The normalized spacial score (nSPS) is 10.3. The van der Waals surface area contributed by atoms with Crippen LogP contribution in [0, 0.1) is 10.1 Å². The van der Waals surface area contributed by atoms with E-state index in [-0.39, 0.29) is 11.4 Å². The highest BCUT2D eigenvalue weighted by Crippen LogP contribution is 2.23. The fourth-order valence-corrected chi connectivity index (χ4v) is 2.29. The first kappa shape index (κ1) is 18.9. The molecular formula is C17H26N2O4. The number of ether oxygens (including phenoxy) is 1. The number of unbranched alkanes of at least 4 members (excludes halogenated alkanes) is 7. The first-order chi connectivity index (χ1) is 11.1. The van der Waals surface area contributed by atoms with Crippen molar-refractivity contribution in [1.82, 2.24) is 0 Å². The highest BCUT2D eigenvalue weighted by atomic mass is 16.6. The quantitative estimate of drug-likeness (QED) is 0.341. The number of amides is 1. The van der Waals surface area contributed by atoms with Crippen molar-refractivity contribution in [2.45, 2.75) is 58.3 Å². The third kappa shape index (κ3) is 8.18. The zero-order chi connectivity index (χ0) is 16.9. The van der Waals surface area contributed by atoms with E-state index < -0.39 is 11.0 Å². The molecule has 0 saturated heterocycles. The van der Waals surface area contributed by atoms with Gasteiger partial charge in [-0.25, -0.2) is 4.79 Å². The highest BCUT2D eigenvalue weighted by Gasteiger charge is 2.14. The molecule has 1 rings (SSSR count). The van der Waals surface area contributed by atoms with Crippen LogP contribution in [-0.4, -0.2) is 17.6 Å². The first-order valence-electron chi connectivity index (χ1n) is 8.32. The van der Waals surface area contributed by atoms with Gasteiger partial charge >= 0.3 is 6.09 Å². The minimum Gasteiger partial charge on any atom is -0.449 e. The van der Waals surface area contributed by atoms with Crippen molar-refractivity contribution in [3.8, 4) is 0 Å². The molecule has 1 aromatic rings. The fourth-order valence-electron chi connectivity index (χ4n) is 2.29. The Labute approximate surface area is 137 Å². The minimum atomic E-state index is -0.651. The molecule has 0 saturated carbocycles. The van der Waals surface area contributed by atoms with Crippen LogP contribution in [0.3, 0.4) is 0 Å². The Hall–Kier alpha value is -2.11. The second-order valence-corrected chi connectivity index (χ2v) is 5.51. The molecule has 0 atom stereocenters. The molecule has 0 fully saturated rings.